The number of benzene rings is 8. The van der Waals surface area contributed by atoms with Crippen LogP contribution < -0.4 is 0 Å². The maximum atomic E-state index is 5.23. The highest BCUT2D eigenvalue weighted by molar-refractivity contribution is 7.26. The molecule has 0 aliphatic heterocycles. The van der Waals surface area contributed by atoms with Crippen molar-refractivity contribution in [1.29, 1.82) is 0 Å². The molecule has 0 saturated carbocycles. The van der Waals surface area contributed by atoms with Crippen LogP contribution in [0, 0.1) is 0 Å². The van der Waals surface area contributed by atoms with E-state index in [4.69, 9.17) is 4.98 Å². The largest absolute Gasteiger partial charge is 0.307 e. The standard InChI is InChI=1S/C53H33N3S/c1-3-14-34(15-4-1)37-32-45(35-16-5-2-6-17-35)54-46(33-37)36-26-28-38(29-27-36)55-47-22-10-7-18-39(47)42-30-31-43-40-19-8-11-23-48(40)56(52(43)51(42)55)49-24-13-21-44-41-20-9-12-25-50(41)57-53(44)49/h1-33H. The van der Waals surface area contributed by atoms with E-state index in [0.717, 1.165) is 33.8 Å². The molecule has 4 heterocycles. The lowest BCUT2D eigenvalue weighted by molar-refractivity contribution is 1.16. The number of para-hydroxylation sites is 2. The van der Waals surface area contributed by atoms with Crippen LogP contribution in [0.25, 0.3) is 109 Å². The van der Waals surface area contributed by atoms with Crippen LogP contribution in [0.3, 0.4) is 0 Å². The third-order valence-corrected chi connectivity index (χ3v) is 12.7. The van der Waals surface area contributed by atoms with Gasteiger partial charge in [0.2, 0.25) is 0 Å². The van der Waals surface area contributed by atoms with Crippen molar-refractivity contribution in [3.05, 3.63) is 200 Å². The van der Waals surface area contributed by atoms with Crippen LogP contribution in [0.5, 0.6) is 0 Å². The van der Waals surface area contributed by atoms with Gasteiger partial charge in [-0.2, -0.15) is 0 Å². The fraction of sp³-hybridized carbons (Fsp3) is 0. The van der Waals surface area contributed by atoms with Crippen LogP contribution in [-0.2, 0) is 0 Å². The first-order valence-corrected chi connectivity index (χ1v) is 20.2. The molecule has 0 spiro atoms. The first kappa shape index (κ1) is 32.0. The highest BCUT2D eigenvalue weighted by Gasteiger charge is 2.23. The van der Waals surface area contributed by atoms with Gasteiger partial charge in [-0.1, -0.05) is 152 Å². The number of aromatic nitrogens is 3. The van der Waals surface area contributed by atoms with Gasteiger partial charge in [-0.25, -0.2) is 4.98 Å². The average molecular weight is 744 g/mol. The molecule has 0 amide bonds. The number of rotatable bonds is 5. The van der Waals surface area contributed by atoms with Gasteiger partial charge in [0.05, 0.1) is 43.8 Å². The summed E-state index contributed by atoms with van der Waals surface area (Å²) in [6, 6.07) is 72.4. The lowest BCUT2D eigenvalue weighted by Gasteiger charge is -2.14. The molecule has 12 rings (SSSR count). The van der Waals surface area contributed by atoms with E-state index in [-0.39, 0.29) is 0 Å². The van der Waals surface area contributed by atoms with Gasteiger partial charge in [-0.15, -0.1) is 11.3 Å². The van der Waals surface area contributed by atoms with E-state index < -0.39 is 0 Å². The molecule has 0 fully saturated rings. The quantitative estimate of drug-likeness (QED) is 0.172. The molecule has 4 heteroatoms. The Kier molecular flexibility index (Phi) is 7.10. The maximum absolute atomic E-state index is 5.23. The van der Waals surface area contributed by atoms with Crippen molar-refractivity contribution in [2.24, 2.45) is 0 Å². The van der Waals surface area contributed by atoms with Gasteiger partial charge in [-0.3, -0.25) is 0 Å². The zero-order valence-electron chi connectivity index (χ0n) is 30.8. The summed E-state index contributed by atoms with van der Waals surface area (Å²) in [5.74, 6) is 0. The smallest absolute Gasteiger partial charge is 0.0789 e. The Labute approximate surface area is 333 Å². The Balaban J connectivity index is 1.11. The van der Waals surface area contributed by atoms with Crippen molar-refractivity contribution in [2.45, 2.75) is 0 Å². The number of hydrogen-bond donors (Lipinski definition) is 0. The van der Waals surface area contributed by atoms with Crippen LogP contribution in [0.15, 0.2) is 200 Å². The van der Waals surface area contributed by atoms with Crippen LogP contribution in [0.1, 0.15) is 0 Å². The Bertz CT molecular complexity index is 3440. The normalized spacial score (nSPS) is 11.9. The summed E-state index contributed by atoms with van der Waals surface area (Å²) in [5, 5.41) is 7.56. The van der Waals surface area contributed by atoms with Gasteiger partial charge in [-0.05, 0) is 59.7 Å². The van der Waals surface area contributed by atoms with Crippen LogP contribution in [0.4, 0.5) is 0 Å². The molecule has 0 aliphatic carbocycles. The Morgan fingerprint density at radius 3 is 1.56 bits per heavy atom. The number of hydrogen-bond acceptors (Lipinski definition) is 2. The Morgan fingerprint density at radius 2 is 0.877 bits per heavy atom. The summed E-state index contributed by atoms with van der Waals surface area (Å²) in [6.45, 7) is 0. The number of fused-ring (bicyclic) bond motifs is 10. The Hall–Kier alpha value is -7.27. The minimum atomic E-state index is 0.947. The van der Waals surface area contributed by atoms with Crippen LogP contribution in [-0.4, -0.2) is 14.1 Å². The van der Waals surface area contributed by atoms with E-state index in [1.807, 2.05) is 11.3 Å². The van der Waals surface area contributed by atoms with Crippen molar-refractivity contribution < 1.29 is 0 Å². The minimum Gasteiger partial charge on any atom is -0.307 e. The summed E-state index contributed by atoms with van der Waals surface area (Å²) in [6.07, 6.45) is 0. The summed E-state index contributed by atoms with van der Waals surface area (Å²) in [4.78, 5) is 5.23. The van der Waals surface area contributed by atoms with E-state index in [2.05, 4.69) is 209 Å². The monoisotopic (exact) mass is 743 g/mol. The molecule has 4 aromatic heterocycles. The molecule has 0 saturated heterocycles. The van der Waals surface area contributed by atoms with Gasteiger partial charge >= 0.3 is 0 Å². The lowest BCUT2D eigenvalue weighted by Crippen LogP contribution is -1.99. The zero-order valence-corrected chi connectivity index (χ0v) is 31.6. The average Bonchev–Trinajstić information content (AvgIpc) is 3.95. The molecule has 266 valence electrons. The predicted molar refractivity (Wildman–Crippen MR) is 242 cm³/mol. The molecule has 0 bridgehead atoms. The first-order chi connectivity index (χ1) is 28.3. The molecular formula is C53H33N3S. The Morgan fingerprint density at radius 1 is 0.351 bits per heavy atom. The number of nitrogens with zero attached hydrogens (tertiary/aromatic N) is 3. The van der Waals surface area contributed by atoms with Gasteiger partial charge in [0.25, 0.3) is 0 Å². The molecule has 3 nitrogen and oxygen atoms in total. The fourth-order valence-electron chi connectivity index (χ4n) is 8.94. The van der Waals surface area contributed by atoms with Crippen molar-refractivity contribution in [1.82, 2.24) is 14.1 Å². The first-order valence-electron chi connectivity index (χ1n) is 19.4. The summed E-state index contributed by atoms with van der Waals surface area (Å²) >= 11 is 1.88. The summed E-state index contributed by atoms with van der Waals surface area (Å²) in [5.41, 5.74) is 13.5. The van der Waals surface area contributed by atoms with E-state index in [9.17, 15) is 0 Å². The number of pyridine rings is 1. The molecule has 57 heavy (non-hydrogen) atoms. The van der Waals surface area contributed by atoms with Gasteiger partial charge in [0, 0.05) is 53.8 Å². The molecule has 0 aliphatic rings. The van der Waals surface area contributed by atoms with E-state index in [0.29, 0.717) is 0 Å². The highest BCUT2D eigenvalue weighted by Crippen LogP contribution is 2.45. The molecule has 0 unspecified atom stereocenters. The lowest BCUT2D eigenvalue weighted by atomic mass is 10.00. The topological polar surface area (TPSA) is 22.8 Å². The second-order valence-corrected chi connectivity index (χ2v) is 15.8. The van der Waals surface area contributed by atoms with Crippen molar-refractivity contribution >= 4 is 75.1 Å². The molecule has 0 N–H and O–H groups in total. The van der Waals surface area contributed by atoms with Crippen molar-refractivity contribution in [3.8, 4) is 45.0 Å². The van der Waals surface area contributed by atoms with Gasteiger partial charge in [0.1, 0.15) is 0 Å². The SMILES string of the molecule is c1ccc(-c2cc(-c3ccccc3)nc(-c3ccc(-n4c5ccccc5c5ccc6c7ccccc7n(-c7cccc8c7sc7ccccc78)c6c54)cc3)c2)cc1. The van der Waals surface area contributed by atoms with E-state index >= 15 is 0 Å². The molecular weight excluding hydrogens is 711 g/mol. The van der Waals surface area contributed by atoms with Gasteiger partial charge in [0.15, 0.2) is 0 Å². The zero-order chi connectivity index (χ0) is 37.5. The van der Waals surface area contributed by atoms with Gasteiger partial charge < -0.3 is 9.13 Å². The van der Waals surface area contributed by atoms with Crippen LogP contribution >= 0.6 is 11.3 Å². The molecule has 8 aromatic carbocycles. The minimum absolute atomic E-state index is 0.947. The summed E-state index contributed by atoms with van der Waals surface area (Å²) in [7, 11) is 0. The van der Waals surface area contributed by atoms with E-state index in [1.165, 1.54) is 75.0 Å². The third kappa shape index (κ3) is 4.94. The molecule has 0 atom stereocenters. The van der Waals surface area contributed by atoms with Crippen LogP contribution in [0.2, 0.25) is 0 Å². The number of thiophene rings is 1. The van der Waals surface area contributed by atoms with Crippen molar-refractivity contribution in [3.63, 3.8) is 0 Å². The summed E-state index contributed by atoms with van der Waals surface area (Å²) < 4.78 is 7.60. The second-order valence-electron chi connectivity index (χ2n) is 14.7. The predicted octanol–water partition coefficient (Wildman–Crippen LogP) is 14.6. The second kappa shape index (κ2) is 12.6. The van der Waals surface area contributed by atoms with E-state index in [1.54, 1.807) is 0 Å². The maximum Gasteiger partial charge on any atom is 0.0789 e. The molecule has 12 aromatic rings. The van der Waals surface area contributed by atoms with Crippen molar-refractivity contribution in [2.75, 3.05) is 0 Å². The molecule has 0 radical (unpaired) electrons. The highest BCUT2D eigenvalue weighted by atomic mass is 32.1. The fourth-order valence-corrected chi connectivity index (χ4v) is 10.1. The third-order valence-electron chi connectivity index (χ3n) is 11.5.